The van der Waals surface area contributed by atoms with E-state index >= 15 is 0 Å². The van der Waals surface area contributed by atoms with E-state index in [0.717, 1.165) is 32.1 Å². The smallest absolute Gasteiger partial charge is 0.459 e. The van der Waals surface area contributed by atoms with Crippen LogP contribution in [0.3, 0.4) is 0 Å². The van der Waals surface area contributed by atoms with E-state index in [1.165, 1.54) is 148 Å². The number of unbranched alkanes of at least 4 members (excludes halogenated alkanes) is 28. The van der Waals surface area contributed by atoms with Crippen molar-refractivity contribution in [2.24, 2.45) is 0 Å². The van der Waals surface area contributed by atoms with Gasteiger partial charge in [-0.15, -0.1) is 0 Å². The Morgan fingerprint density at radius 2 is 0.849 bits per heavy atom. The fourth-order valence-corrected chi connectivity index (χ4v) is 7.19. The first-order valence-corrected chi connectivity index (χ1v) is 23.8. The monoisotopic (exact) mass is 777 g/mol. The molecule has 0 saturated heterocycles. The van der Waals surface area contributed by atoms with Gasteiger partial charge in [-0.25, -0.2) is 9.09 Å². The highest BCUT2D eigenvalue weighted by Crippen LogP contribution is 2.44. The minimum atomic E-state index is -4.55. The van der Waals surface area contributed by atoms with E-state index < -0.39 is 32.7 Å². The van der Waals surface area contributed by atoms with Crippen LogP contribution in [0, 0.1) is 0 Å². The van der Waals surface area contributed by atoms with Gasteiger partial charge in [0.2, 0.25) is 6.29 Å². The van der Waals surface area contributed by atoms with E-state index in [0.29, 0.717) is 23.9 Å². The molecule has 2 unspecified atom stereocenters. The molecular formula is C43H87NO8P+. The molecule has 0 aromatic carbocycles. The number of quaternary nitrogens is 1. The predicted molar refractivity (Wildman–Crippen MR) is 220 cm³/mol. The van der Waals surface area contributed by atoms with Gasteiger partial charge in [-0.3, -0.25) is 14.1 Å². The van der Waals surface area contributed by atoms with Crippen LogP contribution >= 0.6 is 7.82 Å². The highest BCUT2D eigenvalue weighted by atomic mass is 31.2. The number of rotatable bonds is 41. The van der Waals surface area contributed by atoms with Crippen LogP contribution in [0.2, 0.25) is 0 Å². The highest BCUT2D eigenvalue weighted by Gasteiger charge is 2.31. The second-order valence-corrected chi connectivity index (χ2v) is 17.8. The Labute approximate surface area is 327 Å². The molecule has 0 aliphatic heterocycles. The summed E-state index contributed by atoms with van der Waals surface area (Å²) >= 11 is 0. The highest BCUT2D eigenvalue weighted by molar-refractivity contribution is 7.47. The zero-order valence-electron chi connectivity index (χ0n) is 35.5. The van der Waals surface area contributed by atoms with Gasteiger partial charge in [0.05, 0.1) is 21.1 Å². The van der Waals surface area contributed by atoms with Gasteiger partial charge in [0.25, 0.3) is 0 Å². The summed E-state index contributed by atoms with van der Waals surface area (Å²) in [6.45, 7) is 4.53. The van der Waals surface area contributed by atoms with E-state index in [1.54, 1.807) is 0 Å². The summed E-state index contributed by atoms with van der Waals surface area (Å²) < 4.78 is 34.2. The van der Waals surface area contributed by atoms with Crippen molar-refractivity contribution in [2.45, 2.75) is 226 Å². The zero-order chi connectivity index (χ0) is 39.3. The quantitative estimate of drug-likeness (QED) is 0.0215. The van der Waals surface area contributed by atoms with Gasteiger partial charge in [0, 0.05) is 12.8 Å². The minimum Gasteiger partial charge on any atom is -0.459 e. The predicted octanol–water partition coefficient (Wildman–Crippen LogP) is 12.8. The van der Waals surface area contributed by atoms with Crippen LogP contribution in [0.1, 0.15) is 219 Å². The molecule has 0 aromatic heterocycles. The molecule has 0 spiro atoms. The number of carbonyl (C=O) groups excluding carboxylic acids is 2. The summed E-state index contributed by atoms with van der Waals surface area (Å²) in [4.78, 5) is 35.4. The molecule has 0 aliphatic rings. The summed E-state index contributed by atoms with van der Waals surface area (Å²) in [6, 6.07) is 0. The third-order valence-electron chi connectivity index (χ3n) is 9.88. The molecule has 0 aliphatic carbocycles. The SMILES string of the molecule is CCCCCCCCCCCCCCCCCC(=O)OCC(OC(=O)CCCCCCCCCCCCCCCCC)OP(=O)(O)OCC[N+](C)(C)C. The Balaban J connectivity index is 4.28. The lowest BCUT2D eigenvalue weighted by Gasteiger charge is -2.25. The normalized spacial score (nSPS) is 13.5. The standard InChI is InChI=1S/C43H86NO8P/c1-6-8-10-12-14-16-18-20-22-24-26-28-30-32-34-36-41(45)49-40-43(52-53(47,48)50-39-38-44(3,4)5)51-42(46)37-35-33-31-29-27-25-23-21-19-17-15-13-11-9-7-2/h43H,6-40H2,1-5H3/p+1. The lowest BCUT2D eigenvalue weighted by atomic mass is 10.0. The lowest BCUT2D eigenvalue weighted by molar-refractivity contribution is -0.870. The zero-order valence-corrected chi connectivity index (χ0v) is 36.4. The molecule has 9 nitrogen and oxygen atoms in total. The Morgan fingerprint density at radius 3 is 1.19 bits per heavy atom. The van der Waals surface area contributed by atoms with Crippen molar-refractivity contribution >= 4 is 19.8 Å². The maximum Gasteiger partial charge on any atom is 0.475 e. The van der Waals surface area contributed by atoms with Gasteiger partial charge in [0.1, 0.15) is 13.2 Å². The van der Waals surface area contributed by atoms with E-state index in [9.17, 15) is 19.0 Å². The maximum absolute atomic E-state index is 12.6. The van der Waals surface area contributed by atoms with Crippen molar-refractivity contribution in [3.05, 3.63) is 0 Å². The number of nitrogens with zero attached hydrogens (tertiary/aromatic N) is 1. The second kappa shape index (κ2) is 36.6. The van der Waals surface area contributed by atoms with Crippen LogP contribution in [0.5, 0.6) is 0 Å². The van der Waals surface area contributed by atoms with Crippen molar-refractivity contribution in [2.75, 3.05) is 40.9 Å². The Kier molecular flexibility index (Phi) is 36.0. The number of carbonyl (C=O) groups is 2. The summed E-state index contributed by atoms with van der Waals surface area (Å²) in [5.41, 5.74) is 0. The first kappa shape index (κ1) is 52.0. The molecule has 10 heteroatoms. The molecule has 0 rings (SSSR count). The van der Waals surface area contributed by atoms with Crippen molar-refractivity contribution in [1.82, 2.24) is 0 Å². The number of ether oxygens (including phenoxy) is 2. The van der Waals surface area contributed by atoms with Gasteiger partial charge >= 0.3 is 19.8 Å². The van der Waals surface area contributed by atoms with Gasteiger partial charge < -0.3 is 18.9 Å². The number of hydrogen-bond acceptors (Lipinski definition) is 7. The Morgan fingerprint density at radius 1 is 0.528 bits per heavy atom. The average molecular weight is 777 g/mol. The van der Waals surface area contributed by atoms with Crippen LogP contribution in [0.15, 0.2) is 0 Å². The van der Waals surface area contributed by atoms with Crippen molar-refractivity contribution in [1.29, 1.82) is 0 Å². The third kappa shape index (κ3) is 40.5. The van der Waals surface area contributed by atoms with Crippen molar-refractivity contribution in [3.8, 4) is 0 Å². The average Bonchev–Trinajstić information content (AvgIpc) is 3.09. The van der Waals surface area contributed by atoms with Gasteiger partial charge in [-0.05, 0) is 12.8 Å². The number of likely N-dealkylation sites (N-methyl/N-ethyl adjacent to an activating group) is 1. The van der Waals surface area contributed by atoms with Crippen LogP contribution in [0.4, 0.5) is 0 Å². The molecule has 0 heterocycles. The molecule has 53 heavy (non-hydrogen) atoms. The summed E-state index contributed by atoms with van der Waals surface area (Å²) in [5, 5.41) is 0. The fraction of sp³-hybridized carbons (Fsp3) is 0.953. The van der Waals surface area contributed by atoms with Crippen LogP contribution in [-0.4, -0.2) is 68.5 Å². The fourth-order valence-electron chi connectivity index (χ4n) is 6.42. The van der Waals surface area contributed by atoms with E-state index in [2.05, 4.69) is 13.8 Å². The van der Waals surface area contributed by atoms with Crippen LogP contribution in [0.25, 0.3) is 0 Å². The lowest BCUT2D eigenvalue weighted by Crippen LogP contribution is -2.37. The molecule has 2 atom stereocenters. The molecule has 0 amide bonds. The van der Waals surface area contributed by atoms with E-state index in [4.69, 9.17) is 18.5 Å². The molecule has 316 valence electrons. The Bertz CT molecular complexity index is 881. The van der Waals surface area contributed by atoms with Gasteiger partial charge in [-0.1, -0.05) is 194 Å². The third-order valence-corrected chi connectivity index (χ3v) is 10.9. The second-order valence-electron chi connectivity index (χ2n) is 16.4. The Hall–Kier alpha value is -0.990. The summed E-state index contributed by atoms with van der Waals surface area (Å²) in [7, 11) is 1.27. The van der Waals surface area contributed by atoms with E-state index in [1.807, 2.05) is 21.1 Å². The first-order chi connectivity index (χ1) is 25.5. The molecule has 0 bridgehead atoms. The maximum atomic E-state index is 12.6. The number of esters is 2. The van der Waals surface area contributed by atoms with Crippen LogP contribution in [-0.2, 0) is 32.7 Å². The topological polar surface area (TPSA) is 108 Å². The minimum absolute atomic E-state index is 0.0178. The molecule has 0 saturated carbocycles. The largest absolute Gasteiger partial charge is 0.475 e. The van der Waals surface area contributed by atoms with Gasteiger partial charge in [0.15, 0.2) is 6.61 Å². The number of phosphoric acid groups is 1. The summed E-state index contributed by atoms with van der Waals surface area (Å²) in [6.07, 6.45) is 36.1. The number of phosphoric ester groups is 1. The summed E-state index contributed by atoms with van der Waals surface area (Å²) in [5.74, 6) is -0.986. The molecule has 1 N–H and O–H groups in total. The van der Waals surface area contributed by atoms with Crippen molar-refractivity contribution < 1.29 is 42.1 Å². The van der Waals surface area contributed by atoms with E-state index in [-0.39, 0.29) is 19.4 Å². The molecule has 0 fully saturated rings. The van der Waals surface area contributed by atoms with Crippen LogP contribution < -0.4 is 0 Å². The molecular weight excluding hydrogens is 689 g/mol. The first-order valence-electron chi connectivity index (χ1n) is 22.3. The number of hydrogen-bond donors (Lipinski definition) is 1. The van der Waals surface area contributed by atoms with Crippen molar-refractivity contribution in [3.63, 3.8) is 0 Å². The molecule has 0 aromatic rings. The van der Waals surface area contributed by atoms with Gasteiger partial charge in [-0.2, -0.15) is 0 Å². The molecule has 0 radical (unpaired) electrons.